The first-order chi connectivity index (χ1) is 4.79. The topological polar surface area (TPSA) is 40.5 Å². The Kier molecular flexibility index (Phi) is 3.80. The molecule has 0 aliphatic heterocycles. The molecule has 0 aliphatic rings. The lowest BCUT2D eigenvalue weighted by Crippen LogP contribution is -1.61. The van der Waals surface area contributed by atoms with Gasteiger partial charge in [-0.2, -0.15) is 0 Å². The summed E-state index contributed by atoms with van der Waals surface area (Å²) >= 11 is 0. The molecule has 0 fully saturated rings. The van der Waals surface area contributed by atoms with Gasteiger partial charge >= 0.3 is 0 Å². The average Bonchev–Trinajstić information content (AvgIpc) is 2.00. The molecule has 0 atom stereocenters. The van der Waals surface area contributed by atoms with Gasteiger partial charge in [0.2, 0.25) is 0 Å². The van der Waals surface area contributed by atoms with Crippen LogP contribution in [0.4, 0.5) is 0 Å². The Bertz CT molecular complexity index is 158. The maximum atomic E-state index is 8.65. The normalized spacial score (nSPS) is 7.60. The average molecular weight is 138 g/mol. The van der Waals surface area contributed by atoms with Crippen molar-refractivity contribution in [3.05, 3.63) is 37.4 Å². The van der Waals surface area contributed by atoms with Crippen molar-refractivity contribution in [2.75, 3.05) is 0 Å². The molecule has 0 aliphatic carbocycles. The fraction of sp³-hybridized carbons (Fsp3) is 0. The number of rotatable bonds is 0. The van der Waals surface area contributed by atoms with Crippen LogP contribution >= 0.6 is 0 Å². The van der Waals surface area contributed by atoms with Crippen LogP contribution in [0.3, 0.4) is 0 Å². The van der Waals surface area contributed by atoms with Gasteiger partial charge in [0.1, 0.15) is 11.5 Å². The Morgan fingerprint density at radius 1 is 0.800 bits per heavy atom. The van der Waals surface area contributed by atoms with Crippen LogP contribution in [0.15, 0.2) is 37.4 Å². The van der Waals surface area contributed by atoms with Crippen molar-refractivity contribution in [1.82, 2.24) is 0 Å². The molecule has 0 radical (unpaired) electrons. The molecule has 0 amide bonds. The van der Waals surface area contributed by atoms with Crippen LogP contribution in [-0.2, 0) is 0 Å². The predicted molar refractivity (Wildman–Crippen MR) is 41.0 cm³/mol. The van der Waals surface area contributed by atoms with Crippen molar-refractivity contribution in [1.29, 1.82) is 0 Å². The number of phenolic OH excluding ortho intramolecular Hbond substituents is 2. The fourth-order valence-electron chi connectivity index (χ4n) is 0.453. The van der Waals surface area contributed by atoms with Gasteiger partial charge in [0.05, 0.1) is 0 Å². The van der Waals surface area contributed by atoms with Gasteiger partial charge in [0, 0.05) is 0 Å². The van der Waals surface area contributed by atoms with E-state index >= 15 is 0 Å². The lowest BCUT2D eigenvalue weighted by Gasteiger charge is -1.88. The summed E-state index contributed by atoms with van der Waals surface area (Å²) in [6, 6.07) is 5.70. The minimum absolute atomic E-state index is 0.169. The van der Waals surface area contributed by atoms with Crippen LogP contribution < -0.4 is 0 Å². The van der Waals surface area contributed by atoms with E-state index < -0.39 is 0 Å². The predicted octanol–water partition coefficient (Wildman–Crippen LogP) is 1.90. The highest BCUT2D eigenvalue weighted by atomic mass is 16.3. The molecule has 0 heterocycles. The summed E-state index contributed by atoms with van der Waals surface area (Å²) in [6.45, 7) is 6.00. The Hall–Kier alpha value is -1.44. The van der Waals surface area contributed by atoms with E-state index in [1.807, 2.05) is 0 Å². The minimum atomic E-state index is 0.169. The van der Waals surface area contributed by atoms with E-state index in [0.29, 0.717) is 0 Å². The molecule has 0 bridgehead atoms. The van der Waals surface area contributed by atoms with Crippen LogP contribution in [0.5, 0.6) is 11.5 Å². The van der Waals surface area contributed by atoms with E-state index in [1.165, 1.54) is 24.3 Å². The molecule has 1 aromatic rings. The van der Waals surface area contributed by atoms with Gasteiger partial charge in [0.25, 0.3) is 0 Å². The van der Waals surface area contributed by atoms with Gasteiger partial charge in [-0.3, -0.25) is 0 Å². The highest BCUT2D eigenvalue weighted by Gasteiger charge is 1.84. The third-order valence-corrected chi connectivity index (χ3v) is 0.850. The van der Waals surface area contributed by atoms with Gasteiger partial charge in [0.15, 0.2) is 0 Å². The summed E-state index contributed by atoms with van der Waals surface area (Å²) in [5.74, 6) is 0.339. The van der Waals surface area contributed by atoms with Crippen LogP contribution in [0.1, 0.15) is 0 Å². The van der Waals surface area contributed by atoms with Crippen LogP contribution in [0, 0.1) is 0 Å². The highest BCUT2D eigenvalue weighted by Crippen LogP contribution is 2.13. The van der Waals surface area contributed by atoms with Crippen molar-refractivity contribution in [3.63, 3.8) is 0 Å². The Morgan fingerprint density at radius 2 is 1.00 bits per heavy atom. The summed E-state index contributed by atoms with van der Waals surface area (Å²) in [4.78, 5) is 0. The molecule has 2 N–H and O–H groups in total. The zero-order chi connectivity index (χ0) is 7.98. The molecule has 54 valence electrons. The fourth-order valence-corrected chi connectivity index (χ4v) is 0.453. The molecule has 0 spiro atoms. The molecule has 0 aromatic heterocycles. The SMILES string of the molecule is C=C.Oc1ccc(O)cc1. The van der Waals surface area contributed by atoms with Crippen molar-refractivity contribution >= 4 is 0 Å². The monoisotopic (exact) mass is 138 g/mol. The number of aromatic hydroxyl groups is 2. The van der Waals surface area contributed by atoms with Gasteiger partial charge in [-0.25, -0.2) is 0 Å². The van der Waals surface area contributed by atoms with Gasteiger partial charge in [-0.05, 0) is 24.3 Å². The van der Waals surface area contributed by atoms with Gasteiger partial charge in [-0.15, -0.1) is 13.2 Å². The van der Waals surface area contributed by atoms with Crippen molar-refractivity contribution in [2.45, 2.75) is 0 Å². The first-order valence-electron chi connectivity index (χ1n) is 2.77. The summed E-state index contributed by atoms with van der Waals surface area (Å²) < 4.78 is 0. The second-order valence-electron chi connectivity index (χ2n) is 1.52. The quantitative estimate of drug-likeness (QED) is 0.424. The molecule has 0 saturated carbocycles. The second kappa shape index (κ2) is 4.44. The molecular weight excluding hydrogens is 128 g/mol. The first-order valence-corrected chi connectivity index (χ1v) is 2.77. The molecule has 2 nitrogen and oxygen atoms in total. The minimum Gasteiger partial charge on any atom is -0.508 e. The maximum Gasteiger partial charge on any atom is 0.115 e. The van der Waals surface area contributed by atoms with E-state index in [-0.39, 0.29) is 11.5 Å². The molecule has 1 rings (SSSR count). The third-order valence-electron chi connectivity index (χ3n) is 0.850. The summed E-state index contributed by atoms with van der Waals surface area (Å²) in [5, 5.41) is 17.3. The van der Waals surface area contributed by atoms with Crippen molar-refractivity contribution in [3.8, 4) is 11.5 Å². The highest BCUT2D eigenvalue weighted by molar-refractivity contribution is 5.28. The van der Waals surface area contributed by atoms with Crippen molar-refractivity contribution in [2.24, 2.45) is 0 Å². The summed E-state index contributed by atoms with van der Waals surface area (Å²) in [7, 11) is 0. The van der Waals surface area contributed by atoms with E-state index in [4.69, 9.17) is 10.2 Å². The number of hydrogen-bond donors (Lipinski definition) is 2. The van der Waals surface area contributed by atoms with E-state index in [9.17, 15) is 0 Å². The lowest BCUT2D eigenvalue weighted by atomic mass is 10.3. The maximum absolute atomic E-state index is 8.65. The number of phenols is 2. The molecule has 10 heavy (non-hydrogen) atoms. The van der Waals surface area contributed by atoms with Crippen molar-refractivity contribution < 1.29 is 10.2 Å². The first kappa shape index (κ1) is 8.56. The van der Waals surface area contributed by atoms with Crippen LogP contribution in [0.25, 0.3) is 0 Å². The van der Waals surface area contributed by atoms with E-state index in [2.05, 4.69) is 13.2 Å². The Balaban J connectivity index is 0.000000371. The number of hydrogen-bond acceptors (Lipinski definition) is 2. The standard InChI is InChI=1S/C6H6O2.C2H4/c7-5-1-2-6(8)4-3-5;1-2/h1-4,7-8H;1-2H2. The third kappa shape index (κ3) is 2.77. The largest absolute Gasteiger partial charge is 0.508 e. The Morgan fingerprint density at radius 3 is 1.20 bits per heavy atom. The van der Waals surface area contributed by atoms with Crippen LogP contribution in [-0.4, -0.2) is 10.2 Å². The summed E-state index contributed by atoms with van der Waals surface area (Å²) in [5.41, 5.74) is 0. The Labute approximate surface area is 60.1 Å². The zero-order valence-corrected chi connectivity index (χ0v) is 5.62. The molecular formula is C8H10O2. The van der Waals surface area contributed by atoms with E-state index in [0.717, 1.165) is 0 Å². The molecule has 1 aromatic carbocycles. The van der Waals surface area contributed by atoms with Gasteiger partial charge in [-0.1, -0.05) is 0 Å². The number of benzene rings is 1. The van der Waals surface area contributed by atoms with E-state index in [1.54, 1.807) is 0 Å². The summed E-state index contributed by atoms with van der Waals surface area (Å²) in [6.07, 6.45) is 0. The smallest absolute Gasteiger partial charge is 0.115 e. The zero-order valence-electron chi connectivity index (χ0n) is 5.62. The molecule has 2 heteroatoms. The molecule has 0 saturated heterocycles. The van der Waals surface area contributed by atoms with Gasteiger partial charge < -0.3 is 10.2 Å². The van der Waals surface area contributed by atoms with Crippen LogP contribution in [0.2, 0.25) is 0 Å². The molecule has 0 unspecified atom stereocenters. The second-order valence-corrected chi connectivity index (χ2v) is 1.52. The lowest BCUT2D eigenvalue weighted by molar-refractivity contribution is 0.460.